The molecule has 1 amide bonds. The lowest BCUT2D eigenvalue weighted by Crippen LogP contribution is -2.61. The Morgan fingerprint density at radius 3 is 2.76 bits per heavy atom. The number of halogens is 2. The Labute approximate surface area is 208 Å². The van der Waals surface area contributed by atoms with E-state index in [9.17, 15) is 9.18 Å². The van der Waals surface area contributed by atoms with Crippen LogP contribution in [-0.2, 0) is 11.3 Å². The molecule has 2 saturated heterocycles. The lowest BCUT2D eigenvalue weighted by molar-refractivity contribution is -0.126. The predicted octanol–water partition coefficient (Wildman–Crippen LogP) is 3.65. The summed E-state index contributed by atoms with van der Waals surface area (Å²) < 4.78 is 16.1. The highest BCUT2D eigenvalue weighted by Gasteiger charge is 2.43. The van der Waals surface area contributed by atoms with E-state index in [0.29, 0.717) is 36.6 Å². The van der Waals surface area contributed by atoms with Gasteiger partial charge in [0.1, 0.15) is 6.17 Å². The highest BCUT2D eigenvalue weighted by molar-refractivity contribution is 6.20. The first-order valence-corrected chi connectivity index (χ1v) is 13.9. The van der Waals surface area contributed by atoms with Gasteiger partial charge < -0.3 is 20.5 Å². The first-order valence-electron chi connectivity index (χ1n) is 13.5. The molecule has 4 fully saturated rings. The van der Waals surface area contributed by atoms with Gasteiger partial charge in [0.25, 0.3) is 0 Å². The molecular formula is C26H41ClFN5O. The van der Waals surface area contributed by atoms with Crippen LogP contribution in [0.5, 0.6) is 0 Å². The van der Waals surface area contributed by atoms with Crippen LogP contribution >= 0.6 is 11.6 Å². The topological polar surface area (TPSA) is 71.0 Å². The third-order valence-corrected chi connectivity index (χ3v) is 9.27. The molecule has 1 aromatic heterocycles. The molecule has 4 aliphatic rings. The fourth-order valence-electron chi connectivity index (χ4n) is 6.74. The maximum Gasteiger partial charge on any atom is 0.237 e. The normalized spacial score (nSPS) is 40.0. The van der Waals surface area contributed by atoms with Crippen LogP contribution in [0.25, 0.3) is 0 Å². The minimum absolute atomic E-state index is 0.127. The molecule has 3 N–H and O–H groups in total. The Morgan fingerprint density at radius 2 is 2.06 bits per heavy atom. The molecule has 8 heteroatoms. The standard InChI is InChI=1S/C26H41ClFN5O/c1-16-6-7-30-23(10-16)25(18-2-3-18)32-26(34)24-12-17(14-33-9-8-29-15-33)11-22(31-24)20-5-4-19(28)13-21(20)27/h8-9,15-25,30-31H,2-7,10-14H2,1H3,(H,32,34). The van der Waals surface area contributed by atoms with Crippen molar-refractivity contribution in [2.24, 2.45) is 23.7 Å². The molecule has 0 aromatic carbocycles. The van der Waals surface area contributed by atoms with E-state index in [1.54, 1.807) is 6.20 Å². The van der Waals surface area contributed by atoms with Gasteiger partial charge in [-0.05, 0) is 88.0 Å². The Balaban J connectivity index is 1.28. The summed E-state index contributed by atoms with van der Waals surface area (Å²) in [5.41, 5.74) is 0. The summed E-state index contributed by atoms with van der Waals surface area (Å²) in [7, 11) is 0. The monoisotopic (exact) mass is 493 g/mol. The zero-order valence-electron chi connectivity index (χ0n) is 20.3. The third kappa shape index (κ3) is 5.96. The SMILES string of the molecule is CC1CCNC(C(NC(=O)C2CC(Cn3ccnc3)CC(C3CCC(F)CC3Cl)N2)C2CC2)C1. The van der Waals surface area contributed by atoms with Gasteiger partial charge >= 0.3 is 0 Å². The molecule has 5 rings (SSSR count). The second-order valence-corrected chi connectivity index (χ2v) is 12.1. The van der Waals surface area contributed by atoms with E-state index in [-0.39, 0.29) is 35.3 Å². The molecule has 1 aromatic rings. The number of rotatable bonds is 7. The summed E-state index contributed by atoms with van der Waals surface area (Å²) >= 11 is 6.67. The highest BCUT2D eigenvalue weighted by atomic mass is 35.5. The van der Waals surface area contributed by atoms with Crippen LogP contribution < -0.4 is 16.0 Å². The molecule has 2 aliphatic carbocycles. The first kappa shape index (κ1) is 24.5. The number of aromatic nitrogens is 2. The number of amides is 1. The lowest BCUT2D eigenvalue weighted by atomic mass is 9.75. The second kappa shape index (κ2) is 10.8. The van der Waals surface area contributed by atoms with Crippen LogP contribution in [-0.4, -0.2) is 57.7 Å². The Morgan fingerprint density at radius 1 is 1.21 bits per heavy atom. The summed E-state index contributed by atoms with van der Waals surface area (Å²) in [5, 5.41) is 10.7. The number of nitrogens with one attached hydrogen (secondary N) is 3. The number of hydrogen-bond acceptors (Lipinski definition) is 4. The average Bonchev–Trinajstić information content (AvgIpc) is 3.53. The Bertz CT molecular complexity index is 805. The van der Waals surface area contributed by atoms with E-state index in [0.717, 1.165) is 38.8 Å². The maximum absolute atomic E-state index is 14.0. The number of carbonyl (C=O) groups excluding carboxylic acids is 1. The van der Waals surface area contributed by atoms with E-state index in [4.69, 9.17) is 11.6 Å². The highest BCUT2D eigenvalue weighted by Crippen LogP contribution is 2.39. The fraction of sp³-hybridized carbons (Fsp3) is 0.846. The van der Waals surface area contributed by atoms with Gasteiger partial charge in [0.2, 0.25) is 5.91 Å². The van der Waals surface area contributed by atoms with Gasteiger partial charge in [-0.3, -0.25) is 4.79 Å². The summed E-state index contributed by atoms with van der Waals surface area (Å²) in [6.45, 7) is 4.21. The van der Waals surface area contributed by atoms with Crippen molar-refractivity contribution in [2.75, 3.05) is 6.54 Å². The molecule has 34 heavy (non-hydrogen) atoms. The molecular weight excluding hydrogens is 453 g/mol. The predicted molar refractivity (Wildman–Crippen MR) is 132 cm³/mol. The Hall–Kier alpha value is -1.18. The van der Waals surface area contributed by atoms with Crippen LogP contribution in [0.15, 0.2) is 18.7 Å². The molecule has 2 aliphatic heterocycles. The fourth-order valence-corrected chi connectivity index (χ4v) is 7.24. The third-order valence-electron chi connectivity index (χ3n) is 8.76. The first-order chi connectivity index (χ1) is 16.5. The summed E-state index contributed by atoms with van der Waals surface area (Å²) in [4.78, 5) is 17.9. The summed E-state index contributed by atoms with van der Waals surface area (Å²) in [5.74, 6) is 1.99. The second-order valence-electron chi connectivity index (χ2n) is 11.6. The zero-order chi connectivity index (χ0) is 23.7. The molecule has 2 saturated carbocycles. The van der Waals surface area contributed by atoms with E-state index >= 15 is 0 Å². The van der Waals surface area contributed by atoms with E-state index in [1.807, 2.05) is 12.5 Å². The van der Waals surface area contributed by atoms with Gasteiger partial charge in [-0.1, -0.05) is 6.92 Å². The smallest absolute Gasteiger partial charge is 0.237 e. The number of imidazole rings is 1. The number of nitrogens with zero attached hydrogens (tertiary/aromatic N) is 2. The van der Waals surface area contributed by atoms with Crippen LogP contribution in [0.4, 0.5) is 4.39 Å². The molecule has 0 bridgehead atoms. The van der Waals surface area contributed by atoms with E-state index in [1.165, 1.54) is 19.3 Å². The molecule has 6 nitrogen and oxygen atoms in total. The van der Waals surface area contributed by atoms with Crippen molar-refractivity contribution in [3.05, 3.63) is 18.7 Å². The van der Waals surface area contributed by atoms with Crippen molar-refractivity contribution in [3.63, 3.8) is 0 Å². The van der Waals surface area contributed by atoms with Crippen LogP contribution in [0, 0.1) is 23.7 Å². The van der Waals surface area contributed by atoms with E-state index in [2.05, 4.69) is 32.4 Å². The van der Waals surface area contributed by atoms with Crippen molar-refractivity contribution < 1.29 is 9.18 Å². The van der Waals surface area contributed by atoms with Crippen molar-refractivity contribution in [1.82, 2.24) is 25.5 Å². The summed E-state index contributed by atoms with van der Waals surface area (Å²) in [6, 6.07) is 0.488. The Kier molecular flexibility index (Phi) is 7.81. The number of hydrogen-bond donors (Lipinski definition) is 3. The molecule has 3 heterocycles. The molecule has 9 unspecified atom stereocenters. The summed E-state index contributed by atoms with van der Waals surface area (Å²) in [6.07, 6.45) is 13.2. The molecule has 0 radical (unpaired) electrons. The van der Waals surface area contributed by atoms with Crippen LogP contribution in [0.1, 0.15) is 64.7 Å². The van der Waals surface area contributed by atoms with E-state index < -0.39 is 6.17 Å². The largest absolute Gasteiger partial charge is 0.350 e. The molecule has 190 valence electrons. The number of carbonyl (C=O) groups is 1. The number of piperidine rings is 2. The van der Waals surface area contributed by atoms with Crippen molar-refractivity contribution in [3.8, 4) is 0 Å². The van der Waals surface area contributed by atoms with Crippen molar-refractivity contribution in [2.45, 2.75) is 107 Å². The van der Waals surface area contributed by atoms with Gasteiger partial charge in [-0.15, -0.1) is 11.6 Å². The molecule has 9 atom stereocenters. The van der Waals surface area contributed by atoms with Crippen molar-refractivity contribution in [1.29, 1.82) is 0 Å². The van der Waals surface area contributed by atoms with Gasteiger partial charge in [-0.25, -0.2) is 9.37 Å². The van der Waals surface area contributed by atoms with Gasteiger partial charge in [0.05, 0.1) is 12.4 Å². The van der Waals surface area contributed by atoms with Crippen LogP contribution in [0.2, 0.25) is 0 Å². The van der Waals surface area contributed by atoms with Crippen molar-refractivity contribution >= 4 is 17.5 Å². The van der Waals surface area contributed by atoms with Gasteiger partial charge in [-0.2, -0.15) is 0 Å². The quantitative estimate of drug-likeness (QED) is 0.507. The lowest BCUT2D eigenvalue weighted by Gasteiger charge is -2.43. The minimum Gasteiger partial charge on any atom is -0.350 e. The van der Waals surface area contributed by atoms with Crippen LogP contribution in [0.3, 0.4) is 0 Å². The van der Waals surface area contributed by atoms with Gasteiger partial charge in [0.15, 0.2) is 0 Å². The molecule has 0 spiro atoms. The average molecular weight is 494 g/mol. The maximum atomic E-state index is 14.0. The minimum atomic E-state index is -0.798. The van der Waals surface area contributed by atoms with Gasteiger partial charge in [0, 0.05) is 42.4 Å². The number of alkyl halides is 2. The zero-order valence-corrected chi connectivity index (χ0v) is 21.1.